The second-order valence-electron chi connectivity index (χ2n) is 8.43. The molecule has 0 fully saturated rings. The lowest BCUT2D eigenvalue weighted by molar-refractivity contribution is -0.119. The van der Waals surface area contributed by atoms with Crippen molar-refractivity contribution in [3.05, 3.63) is 77.2 Å². The van der Waals surface area contributed by atoms with Crippen molar-refractivity contribution in [3.63, 3.8) is 0 Å². The van der Waals surface area contributed by atoms with Crippen LogP contribution in [0.25, 0.3) is 10.9 Å². The first-order valence-electron chi connectivity index (χ1n) is 10.8. The minimum absolute atomic E-state index is 0.133. The first-order valence-corrected chi connectivity index (χ1v) is 11.8. The second kappa shape index (κ2) is 8.44. The van der Waals surface area contributed by atoms with Gasteiger partial charge in [-0.05, 0) is 36.8 Å². The summed E-state index contributed by atoms with van der Waals surface area (Å²) in [5.74, 6) is 0.0273. The third-order valence-corrected chi connectivity index (χ3v) is 7.14. The van der Waals surface area contributed by atoms with Crippen molar-refractivity contribution in [2.24, 2.45) is 7.05 Å². The Balaban J connectivity index is 1.33. The van der Waals surface area contributed by atoms with Gasteiger partial charge < -0.3 is 15.2 Å². The largest absolute Gasteiger partial charge is 0.361 e. The van der Waals surface area contributed by atoms with Gasteiger partial charge in [0.05, 0.1) is 11.4 Å². The normalized spacial score (nSPS) is 16.0. The molecule has 7 nitrogen and oxygen atoms in total. The third kappa shape index (κ3) is 4.14. The van der Waals surface area contributed by atoms with Gasteiger partial charge in [-0.2, -0.15) is 5.10 Å². The lowest BCUT2D eigenvalue weighted by atomic mass is 10.1. The van der Waals surface area contributed by atoms with Crippen LogP contribution in [-0.4, -0.2) is 45.4 Å². The van der Waals surface area contributed by atoms with Crippen LogP contribution in [-0.2, 0) is 18.3 Å². The molecule has 0 radical (unpaired) electrons. The topological polar surface area (TPSA) is 83.0 Å². The highest BCUT2D eigenvalue weighted by molar-refractivity contribution is 7.99. The molecule has 2 aromatic heterocycles. The van der Waals surface area contributed by atoms with Gasteiger partial charge in [0.25, 0.3) is 5.91 Å². The van der Waals surface area contributed by atoms with Gasteiger partial charge in [-0.15, -0.1) is 11.8 Å². The average molecular weight is 460 g/mol. The van der Waals surface area contributed by atoms with E-state index in [0.29, 0.717) is 17.9 Å². The van der Waals surface area contributed by atoms with E-state index >= 15 is 0 Å². The number of nitrogens with one attached hydrogen (secondary N) is 2. The minimum Gasteiger partial charge on any atom is -0.361 e. The zero-order chi connectivity index (χ0) is 23.1. The van der Waals surface area contributed by atoms with Crippen LogP contribution in [0.15, 0.2) is 59.6 Å². The first kappa shape index (κ1) is 21.3. The molecule has 0 saturated heterocycles. The molecule has 2 aromatic carbocycles. The predicted octanol–water partition coefficient (Wildman–Crippen LogP) is 3.67. The number of H-pyrrole nitrogens is 1. The number of hydrogen-bond donors (Lipinski definition) is 2. The average Bonchev–Trinajstić information content (AvgIpc) is 3.39. The van der Waals surface area contributed by atoms with Crippen LogP contribution < -0.4 is 10.2 Å². The van der Waals surface area contributed by atoms with Crippen molar-refractivity contribution < 1.29 is 9.59 Å². The summed E-state index contributed by atoms with van der Waals surface area (Å²) in [6.45, 7) is 2.05. The van der Waals surface area contributed by atoms with E-state index in [-0.39, 0.29) is 11.8 Å². The van der Waals surface area contributed by atoms with E-state index in [2.05, 4.69) is 52.7 Å². The Bertz CT molecular complexity index is 1360. The number of benzene rings is 2. The predicted molar refractivity (Wildman–Crippen MR) is 131 cm³/mol. The zero-order valence-corrected chi connectivity index (χ0v) is 19.6. The number of fused-ring (bicyclic) bond motifs is 2. The molecule has 33 heavy (non-hydrogen) atoms. The number of carbonyl (C=O) groups is 2. The van der Waals surface area contributed by atoms with E-state index in [1.807, 2.05) is 18.3 Å². The van der Waals surface area contributed by atoms with Gasteiger partial charge in [-0.1, -0.05) is 29.8 Å². The Morgan fingerprint density at radius 3 is 2.76 bits per heavy atom. The number of anilines is 1. The van der Waals surface area contributed by atoms with E-state index in [0.717, 1.165) is 32.7 Å². The lowest BCUT2D eigenvalue weighted by Gasteiger charge is -2.21. The SMILES string of the molecule is Cc1ccc(Cc2cc(C(=O)N[C@H]3CSc4cc5[nH]ccc5cc4N(C)C3=O)n(C)n2)cc1. The summed E-state index contributed by atoms with van der Waals surface area (Å²) in [5.41, 5.74) is 5.47. The van der Waals surface area contributed by atoms with E-state index in [9.17, 15) is 9.59 Å². The summed E-state index contributed by atoms with van der Waals surface area (Å²) in [7, 11) is 3.51. The molecule has 1 atom stereocenters. The van der Waals surface area contributed by atoms with Gasteiger partial charge >= 0.3 is 0 Å². The zero-order valence-electron chi connectivity index (χ0n) is 18.8. The van der Waals surface area contributed by atoms with E-state index in [1.54, 1.807) is 41.5 Å². The van der Waals surface area contributed by atoms with Crippen LogP contribution in [0.3, 0.4) is 0 Å². The number of rotatable bonds is 4. The fraction of sp³-hybridized carbons (Fsp3) is 0.240. The molecule has 0 unspecified atom stereocenters. The fourth-order valence-electron chi connectivity index (χ4n) is 4.12. The van der Waals surface area contributed by atoms with E-state index < -0.39 is 6.04 Å². The van der Waals surface area contributed by atoms with Gasteiger partial charge in [0.15, 0.2) is 0 Å². The van der Waals surface area contributed by atoms with Crippen molar-refractivity contribution in [3.8, 4) is 0 Å². The van der Waals surface area contributed by atoms with Crippen molar-refractivity contribution >= 4 is 40.2 Å². The molecular formula is C25H25N5O2S. The van der Waals surface area contributed by atoms with Crippen LogP contribution in [0.2, 0.25) is 0 Å². The summed E-state index contributed by atoms with van der Waals surface area (Å²) in [4.78, 5) is 32.1. The molecule has 0 aliphatic carbocycles. The number of amides is 2. The highest BCUT2D eigenvalue weighted by Crippen LogP contribution is 2.36. The number of carbonyl (C=O) groups excluding carboxylic acids is 2. The van der Waals surface area contributed by atoms with Crippen molar-refractivity contribution in [2.45, 2.75) is 24.3 Å². The number of thioether (sulfide) groups is 1. The van der Waals surface area contributed by atoms with Crippen molar-refractivity contribution in [2.75, 3.05) is 17.7 Å². The highest BCUT2D eigenvalue weighted by atomic mass is 32.2. The molecule has 4 aromatic rings. The fourth-order valence-corrected chi connectivity index (χ4v) is 5.24. The number of hydrogen-bond acceptors (Lipinski definition) is 4. The molecule has 1 aliphatic heterocycles. The van der Waals surface area contributed by atoms with Crippen LogP contribution in [0.4, 0.5) is 5.69 Å². The molecule has 2 amide bonds. The first-order chi connectivity index (χ1) is 15.9. The highest BCUT2D eigenvalue weighted by Gasteiger charge is 2.31. The third-order valence-electron chi connectivity index (χ3n) is 6.00. The summed E-state index contributed by atoms with van der Waals surface area (Å²) in [5, 5.41) is 8.48. The Morgan fingerprint density at radius 1 is 1.18 bits per heavy atom. The molecule has 1 aliphatic rings. The van der Waals surface area contributed by atoms with Crippen molar-refractivity contribution in [1.29, 1.82) is 0 Å². The van der Waals surface area contributed by atoms with Gasteiger partial charge in [-0.25, -0.2) is 0 Å². The molecular weight excluding hydrogens is 434 g/mol. The maximum absolute atomic E-state index is 13.2. The summed E-state index contributed by atoms with van der Waals surface area (Å²) >= 11 is 1.57. The maximum Gasteiger partial charge on any atom is 0.270 e. The summed E-state index contributed by atoms with van der Waals surface area (Å²) in [6.07, 6.45) is 2.53. The standard InChI is InChI=1S/C25H25N5O2S/c1-15-4-6-16(7-5-15)10-18-12-22(30(3)28-18)24(31)27-20-14-33-23-13-19-17(8-9-26-19)11-21(23)29(2)25(20)32/h4-9,11-13,20,26H,10,14H2,1-3H3,(H,27,31)/t20-/m0/s1. The Labute approximate surface area is 196 Å². The van der Waals surface area contributed by atoms with Gasteiger partial charge in [-0.3, -0.25) is 14.3 Å². The summed E-state index contributed by atoms with van der Waals surface area (Å²) in [6, 6.07) is 15.5. The monoisotopic (exact) mass is 459 g/mol. The molecule has 5 rings (SSSR count). The van der Waals surface area contributed by atoms with Crippen LogP contribution >= 0.6 is 11.8 Å². The Kier molecular flexibility index (Phi) is 5.46. The number of aromatic amines is 1. The van der Waals surface area contributed by atoms with E-state index in [4.69, 9.17) is 0 Å². The smallest absolute Gasteiger partial charge is 0.270 e. The quantitative estimate of drug-likeness (QED) is 0.488. The maximum atomic E-state index is 13.2. The number of aromatic nitrogens is 3. The second-order valence-corrected chi connectivity index (χ2v) is 9.49. The van der Waals surface area contributed by atoms with Crippen LogP contribution in [0, 0.1) is 6.92 Å². The lowest BCUT2D eigenvalue weighted by Crippen LogP contribution is -2.48. The molecule has 3 heterocycles. The van der Waals surface area contributed by atoms with Gasteiger partial charge in [0.2, 0.25) is 5.91 Å². The molecule has 168 valence electrons. The molecule has 2 N–H and O–H groups in total. The van der Waals surface area contributed by atoms with Crippen LogP contribution in [0.5, 0.6) is 0 Å². The number of nitrogens with zero attached hydrogens (tertiary/aromatic N) is 3. The number of likely N-dealkylation sites (N-methyl/N-ethyl adjacent to an activating group) is 1. The van der Waals surface area contributed by atoms with Gasteiger partial charge in [0, 0.05) is 48.3 Å². The molecule has 0 saturated carbocycles. The molecule has 8 heteroatoms. The minimum atomic E-state index is -0.631. The molecule has 0 bridgehead atoms. The van der Waals surface area contributed by atoms with E-state index in [1.165, 1.54) is 5.56 Å². The Morgan fingerprint density at radius 2 is 1.97 bits per heavy atom. The van der Waals surface area contributed by atoms with Gasteiger partial charge in [0.1, 0.15) is 11.7 Å². The van der Waals surface area contributed by atoms with Crippen LogP contribution in [0.1, 0.15) is 27.3 Å². The molecule has 0 spiro atoms. The Hall–Kier alpha value is -3.52. The summed E-state index contributed by atoms with van der Waals surface area (Å²) < 4.78 is 1.58. The number of aryl methyl sites for hydroxylation is 2. The van der Waals surface area contributed by atoms with Crippen molar-refractivity contribution in [1.82, 2.24) is 20.1 Å².